The first-order chi connectivity index (χ1) is 12.3. The second-order valence-electron chi connectivity index (χ2n) is 7.35. The van der Waals surface area contributed by atoms with E-state index in [4.69, 9.17) is 4.74 Å². The first kappa shape index (κ1) is 16.6. The Labute approximate surface area is 149 Å². The molecule has 1 atom stereocenters. The zero-order chi connectivity index (χ0) is 17.1. The SMILES string of the molecule is O=C(Nc1cccnc1N1CCOCC1)N1CCC[C@@H]1C1CCCC1. The van der Waals surface area contributed by atoms with Crippen LogP contribution >= 0.6 is 0 Å². The number of hydrogen-bond donors (Lipinski definition) is 1. The van der Waals surface area contributed by atoms with E-state index in [1.165, 1.54) is 25.7 Å². The van der Waals surface area contributed by atoms with Crippen LogP contribution in [0.15, 0.2) is 18.3 Å². The molecule has 1 aliphatic carbocycles. The molecule has 1 aromatic heterocycles. The molecule has 2 aliphatic heterocycles. The molecule has 136 valence electrons. The van der Waals surface area contributed by atoms with Crippen molar-refractivity contribution >= 4 is 17.5 Å². The molecular formula is C19H28N4O2. The fourth-order valence-electron chi connectivity index (χ4n) is 4.59. The van der Waals surface area contributed by atoms with Crippen LogP contribution in [-0.2, 0) is 4.74 Å². The van der Waals surface area contributed by atoms with E-state index >= 15 is 0 Å². The Morgan fingerprint density at radius 3 is 2.72 bits per heavy atom. The predicted octanol–water partition coefficient (Wildman–Crippen LogP) is 3.10. The minimum absolute atomic E-state index is 0.0388. The van der Waals surface area contributed by atoms with E-state index in [1.807, 2.05) is 12.1 Å². The maximum atomic E-state index is 13.0. The number of carbonyl (C=O) groups excluding carboxylic acids is 1. The summed E-state index contributed by atoms with van der Waals surface area (Å²) >= 11 is 0. The Bertz CT molecular complexity index is 597. The highest BCUT2D eigenvalue weighted by atomic mass is 16.5. The van der Waals surface area contributed by atoms with Crippen molar-refractivity contribution in [2.45, 2.75) is 44.6 Å². The molecule has 6 nitrogen and oxygen atoms in total. The molecule has 0 spiro atoms. The van der Waals surface area contributed by atoms with Gasteiger partial charge in [-0.2, -0.15) is 0 Å². The number of amides is 2. The van der Waals surface area contributed by atoms with Crippen molar-refractivity contribution in [3.05, 3.63) is 18.3 Å². The minimum atomic E-state index is 0.0388. The summed E-state index contributed by atoms with van der Waals surface area (Å²) < 4.78 is 5.43. The number of rotatable bonds is 3. The maximum Gasteiger partial charge on any atom is 0.322 e. The largest absolute Gasteiger partial charge is 0.378 e. The first-order valence-corrected chi connectivity index (χ1v) is 9.68. The Kier molecular flexibility index (Phi) is 5.06. The number of morpholine rings is 1. The zero-order valence-electron chi connectivity index (χ0n) is 14.8. The van der Waals surface area contributed by atoms with Gasteiger partial charge in [-0.05, 0) is 43.7 Å². The van der Waals surface area contributed by atoms with Crippen LogP contribution in [0, 0.1) is 5.92 Å². The Morgan fingerprint density at radius 2 is 1.92 bits per heavy atom. The van der Waals surface area contributed by atoms with Crippen LogP contribution in [0.2, 0.25) is 0 Å². The van der Waals surface area contributed by atoms with Crippen LogP contribution in [0.5, 0.6) is 0 Å². The lowest BCUT2D eigenvalue weighted by molar-refractivity contribution is 0.122. The number of aromatic nitrogens is 1. The number of carbonyl (C=O) groups is 1. The molecule has 4 rings (SSSR count). The fourth-order valence-corrected chi connectivity index (χ4v) is 4.59. The van der Waals surface area contributed by atoms with Gasteiger partial charge in [-0.3, -0.25) is 0 Å². The molecule has 6 heteroatoms. The van der Waals surface area contributed by atoms with E-state index in [0.29, 0.717) is 25.2 Å². The van der Waals surface area contributed by atoms with Gasteiger partial charge in [0.15, 0.2) is 5.82 Å². The Hall–Kier alpha value is -1.82. The van der Waals surface area contributed by atoms with E-state index in [9.17, 15) is 4.79 Å². The Morgan fingerprint density at radius 1 is 1.12 bits per heavy atom. The summed E-state index contributed by atoms with van der Waals surface area (Å²) in [5.41, 5.74) is 0.812. The molecule has 1 aromatic rings. The van der Waals surface area contributed by atoms with Gasteiger partial charge in [-0.25, -0.2) is 9.78 Å². The van der Waals surface area contributed by atoms with Gasteiger partial charge in [0.1, 0.15) is 0 Å². The minimum Gasteiger partial charge on any atom is -0.378 e. The number of urea groups is 1. The molecule has 3 fully saturated rings. The smallest absolute Gasteiger partial charge is 0.322 e. The lowest BCUT2D eigenvalue weighted by atomic mass is 9.96. The quantitative estimate of drug-likeness (QED) is 0.915. The van der Waals surface area contributed by atoms with Crippen LogP contribution < -0.4 is 10.2 Å². The molecule has 25 heavy (non-hydrogen) atoms. The number of nitrogens with zero attached hydrogens (tertiary/aromatic N) is 3. The maximum absolute atomic E-state index is 13.0. The molecular weight excluding hydrogens is 316 g/mol. The topological polar surface area (TPSA) is 57.7 Å². The third-order valence-corrected chi connectivity index (χ3v) is 5.84. The monoisotopic (exact) mass is 344 g/mol. The summed E-state index contributed by atoms with van der Waals surface area (Å²) in [6, 6.07) is 4.30. The normalized spacial score (nSPS) is 24.7. The molecule has 2 saturated heterocycles. The van der Waals surface area contributed by atoms with Crippen LogP contribution in [0.3, 0.4) is 0 Å². The van der Waals surface area contributed by atoms with E-state index in [2.05, 4.69) is 20.1 Å². The summed E-state index contributed by atoms with van der Waals surface area (Å²) in [6.45, 7) is 3.92. The highest BCUT2D eigenvalue weighted by molar-refractivity contribution is 5.92. The molecule has 1 saturated carbocycles. The van der Waals surface area contributed by atoms with Crippen molar-refractivity contribution in [2.24, 2.45) is 5.92 Å². The van der Waals surface area contributed by atoms with Crippen LogP contribution in [0.1, 0.15) is 38.5 Å². The molecule has 3 heterocycles. The third-order valence-electron chi connectivity index (χ3n) is 5.84. The lowest BCUT2D eigenvalue weighted by Gasteiger charge is -2.31. The van der Waals surface area contributed by atoms with E-state index in [0.717, 1.165) is 44.0 Å². The van der Waals surface area contributed by atoms with Gasteiger partial charge in [0, 0.05) is 31.9 Å². The number of anilines is 2. The molecule has 0 bridgehead atoms. The first-order valence-electron chi connectivity index (χ1n) is 9.68. The third kappa shape index (κ3) is 3.59. The average molecular weight is 344 g/mol. The van der Waals surface area contributed by atoms with Crippen molar-refractivity contribution in [3.63, 3.8) is 0 Å². The average Bonchev–Trinajstić information content (AvgIpc) is 3.34. The van der Waals surface area contributed by atoms with Crippen molar-refractivity contribution in [1.29, 1.82) is 0 Å². The second-order valence-corrected chi connectivity index (χ2v) is 7.35. The number of hydrogen-bond acceptors (Lipinski definition) is 4. The van der Waals surface area contributed by atoms with Gasteiger partial charge in [0.2, 0.25) is 0 Å². The highest BCUT2D eigenvalue weighted by Gasteiger charge is 2.36. The van der Waals surface area contributed by atoms with Gasteiger partial charge < -0.3 is 19.9 Å². The number of likely N-dealkylation sites (tertiary alicyclic amines) is 1. The molecule has 0 radical (unpaired) electrons. The van der Waals surface area contributed by atoms with E-state index in [1.54, 1.807) is 6.20 Å². The molecule has 3 aliphatic rings. The van der Waals surface area contributed by atoms with Crippen LogP contribution in [0.25, 0.3) is 0 Å². The fraction of sp³-hybridized carbons (Fsp3) is 0.684. The lowest BCUT2D eigenvalue weighted by Crippen LogP contribution is -2.42. The zero-order valence-corrected chi connectivity index (χ0v) is 14.8. The summed E-state index contributed by atoms with van der Waals surface area (Å²) in [5, 5.41) is 3.15. The van der Waals surface area contributed by atoms with Gasteiger partial charge in [0.25, 0.3) is 0 Å². The van der Waals surface area contributed by atoms with Gasteiger partial charge in [-0.15, -0.1) is 0 Å². The Balaban J connectivity index is 1.47. The van der Waals surface area contributed by atoms with E-state index < -0.39 is 0 Å². The van der Waals surface area contributed by atoms with Crippen LogP contribution in [-0.4, -0.2) is 54.8 Å². The van der Waals surface area contributed by atoms with Crippen molar-refractivity contribution in [1.82, 2.24) is 9.88 Å². The molecule has 0 unspecified atom stereocenters. The number of nitrogens with one attached hydrogen (secondary N) is 1. The molecule has 2 amide bonds. The van der Waals surface area contributed by atoms with Gasteiger partial charge in [-0.1, -0.05) is 12.8 Å². The summed E-state index contributed by atoms with van der Waals surface area (Å²) in [5.74, 6) is 1.55. The standard InChI is InChI=1S/C19H28N4O2/c24-19(23-10-4-8-17(23)15-5-1-2-6-15)21-16-7-3-9-20-18(16)22-11-13-25-14-12-22/h3,7,9,15,17H,1-2,4-6,8,10-14H2,(H,21,24)/t17-/m1/s1. The summed E-state index contributed by atoms with van der Waals surface area (Å²) in [6.07, 6.45) is 9.26. The number of ether oxygens (including phenoxy) is 1. The summed E-state index contributed by atoms with van der Waals surface area (Å²) in [4.78, 5) is 21.7. The van der Waals surface area contributed by atoms with Crippen molar-refractivity contribution < 1.29 is 9.53 Å². The number of pyridine rings is 1. The molecule has 1 N–H and O–H groups in total. The predicted molar refractivity (Wildman–Crippen MR) is 98.0 cm³/mol. The van der Waals surface area contributed by atoms with Crippen molar-refractivity contribution in [3.8, 4) is 0 Å². The van der Waals surface area contributed by atoms with E-state index in [-0.39, 0.29) is 6.03 Å². The van der Waals surface area contributed by atoms with Gasteiger partial charge in [0.05, 0.1) is 18.9 Å². The van der Waals surface area contributed by atoms with Crippen LogP contribution in [0.4, 0.5) is 16.3 Å². The molecule has 0 aromatic carbocycles. The van der Waals surface area contributed by atoms with Gasteiger partial charge >= 0.3 is 6.03 Å². The highest BCUT2D eigenvalue weighted by Crippen LogP contribution is 2.36. The second kappa shape index (κ2) is 7.60. The summed E-state index contributed by atoms with van der Waals surface area (Å²) in [7, 11) is 0. The van der Waals surface area contributed by atoms with Crippen molar-refractivity contribution in [2.75, 3.05) is 43.1 Å².